The molecule has 0 unspecified atom stereocenters. The van der Waals surface area contributed by atoms with Crippen molar-refractivity contribution in [2.24, 2.45) is 11.3 Å². The van der Waals surface area contributed by atoms with Crippen LogP contribution in [0.4, 0.5) is 0 Å². The van der Waals surface area contributed by atoms with E-state index in [9.17, 15) is 0 Å². The van der Waals surface area contributed by atoms with E-state index in [-0.39, 0.29) is 0 Å². The van der Waals surface area contributed by atoms with Crippen molar-refractivity contribution in [1.29, 1.82) is 0 Å². The lowest BCUT2D eigenvalue weighted by Crippen LogP contribution is -2.39. The third-order valence-corrected chi connectivity index (χ3v) is 4.96. The van der Waals surface area contributed by atoms with E-state index < -0.39 is 0 Å². The summed E-state index contributed by atoms with van der Waals surface area (Å²) in [6, 6.07) is 0. The van der Waals surface area contributed by atoms with Crippen molar-refractivity contribution in [3.63, 3.8) is 0 Å². The lowest BCUT2D eigenvalue weighted by molar-refractivity contribution is 0.109. The van der Waals surface area contributed by atoms with Crippen molar-refractivity contribution < 1.29 is 0 Å². The molecule has 106 valence electrons. The Kier molecular flexibility index (Phi) is 5.08. The molecule has 18 heavy (non-hydrogen) atoms. The number of hydrogen-bond donors (Lipinski definition) is 0. The quantitative estimate of drug-likeness (QED) is 0.758. The Balaban J connectivity index is 1.58. The lowest BCUT2D eigenvalue weighted by Gasteiger charge is -2.38. The van der Waals surface area contributed by atoms with Crippen molar-refractivity contribution >= 4 is 0 Å². The minimum Gasteiger partial charge on any atom is -0.303 e. The molecule has 2 aliphatic heterocycles. The van der Waals surface area contributed by atoms with Crippen LogP contribution in [-0.2, 0) is 0 Å². The number of rotatable bonds is 4. The van der Waals surface area contributed by atoms with Gasteiger partial charge < -0.3 is 9.80 Å². The SMILES string of the molecule is CC(C)(C)C1CCN(CCCN2CCCC2)CC1. The van der Waals surface area contributed by atoms with Gasteiger partial charge in [-0.05, 0) is 82.7 Å². The molecular formula is C16H32N2. The molecule has 0 aromatic rings. The Bertz CT molecular complexity index is 230. The van der Waals surface area contributed by atoms with Crippen molar-refractivity contribution in [2.75, 3.05) is 39.3 Å². The van der Waals surface area contributed by atoms with Crippen LogP contribution >= 0.6 is 0 Å². The van der Waals surface area contributed by atoms with Gasteiger partial charge in [0.25, 0.3) is 0 Å². The van der Waals surface area contributed by atoms with Crippen LogP contribution < -0.4 is 0 Å². The Morgan fingerprint density at radius 2 is 1.33 bits per heavy atom. The van der Waals surface area contributed by atoms with Crippen LogP contribution in [0, 0.1) is 11.3 Å². The Morgan fingerprint density at radius 1 is 0.833 bits per heavy atom. The van der Waals surface area contributed by atoms with E-state index in [0.29, 0.717) is 5.41 Å². The van der Waals surface area contributed by atoms with Crippen molar-refractivity contribution in [2.45, 2.75) is 52.9 Å². The summed E-state index contributed by atoms with van der Waals surface area (Å²) in [4.78, 5) is 5.33. The average molecular weight is 252 g/mol. The third kappa shape index (κ3) is 4.24. The minimum atomic E-state index is 0.516. The van der Waals surface area contributed by atoms with E-state index in [0.717, 1.165) is 5.92 Å². The molecule has 0 radical (unpaired) electrons. The summed E-state index contributed by atoms with van der Waals surface area (Å²) in [5.41, 5.74) is 0.516. The van der Waals surface area contributed by atoms with Gasteiger partial charge in [0.15, 0.2) is 0 Å². The number of hydrogen-bond acceptors (Lipinski definition) is 2. The van der Waals surface area contributed by atoms with E-state index in [4.69, 9.17) is 0 Å². The molecule has 2 heterocycles. The topological polar surface area (TPSA) is 6.48 Å². The maximum atomic E-state index is 2.69. The molecule has 0 atom stereocenters. The van der Waals surface area contributed by atoms with E-state index in [1.807, 2.05) is 0 Å². The fourth-order valence-electron chi connectivity index (χ4n) is 3.55. The molecule has 0 aromatic carbocycles. The van der Waals surface area contributed by atoms with Gasteiger partial charge in [0, 0.05) is 0 Å². The monoisotopic (exact) mass is 252 g/mol. The van der Waals surface area contributed by atoms with Gasteiger partial charge >= 0.3 is 0 Å². The summed E-state index contributed by atoms with van der Waals surface area (Å²) in [6.45, 7) is 15.2. The number of nitrogens with zero attached hydrogens (tertiary/aromatic N) is 2. The normalized spacial score (nSPS) is 24.8. The predicted octanol–water partition coefficient (Wildman–Crippen LogP) is 3.23. The summed E-state index contributed by atoms with van der Waals surface area (Å²) in [5, 5.41) is 0. The second kappa shape index (κ2) is 6.38. The number of likely N-dealkylation sites (tertiary alicyclic amines) is 2. The van der Waals surface area contributed by atoms with Gasteiger partial charge in [-0.2, -0.15) is 0 Å². The molecule has 2 saturated heterocycles. The molecule has 2 fully saturated rings. The standard InChI is InChI=1S/C16H32N2/c1-16(2,3)15-7-13-18(14-8-15)12-6-11-17-9-4-5-10-17/h15H,4-14H2,1-3H3. The molecule has 0 N–H and O–H groups in total. The van der Waals surface area contributed by atoms with Crippen molar-refractivity contribution in [1.82, 2.24) is 9.80 Å². The molecule has 2 nitrogen and oxygen atoms in total. The molecule has 0 aromatic heterocycles. The Morgan fingerprint density at radius 3 is 1.83 bits per heavy atom. The van der Waals surface area contributed by atoms with Crippen molar-refractivity contribution in [3.8, 4) is 0 Å². The van der Waals surface area contributed by atoms with E-state index in [1.165, 1.54) is 71.4 Å². The summed E-state index contributed by atoms with van der Waals surface area (Å²) in [7, 11) is 0. The highest BCUT2D eigenvalue weighted by Gasteiger charge is 2.28. The zero-order valence-electron chi connectivity index (χ0n) is 12.7. The van der Waals surface area contributed by atoms with Crippen LogP contribution in [0.15, 0.2) is 0 Å². The first-order valence-corrected chi connectivity index (χ1v) is 8.00. The third-order valence-electron chi connectivity index (χ3n) is 4.96. The molecular weight excluding hydrogens is 220 g/mol. The first-order chi connectivity index (χ1) is 8.55. The highest BCUT2D eigenvalue weighted by Crippen LogP contribution is 2.34. The van der Waals surface area contributed by atoms with E-state index in [1.54, 1.807) is 0 Å². The van der Waals surface area contributed by atoms with E-state index in [2.05, 4.69) is 30.6 Å². The predicted molar refractivity (Wildman–Crippen MR) is 78.9 cm³/mol. The van der Waals surface area contributed by atoms with Crippen LogP contribution in [0.2, 0.25) is 0 Å². The van der Waals surface area contributed by atoms with Crippen LogP contribution in [0.5, 0.6) is 0 Å². The van der Waals surface area contributed by atoms with Gasteiger partial charge in [-0.15, -0.1) is 0 Å². The Hall–Kier alpha value is -0.0800. The van der Waals surface area contributed by atoms with Crippen LogP contribution in [0.1, 0.15) is 52.9 Å². The average Bonchev–Trinajstić information content (AvgIpc) is 2.82. The van der Waals surface area contributed by atoms with Gasteiger partial charge in [-0.1, -0.05) is 20.8 Å². The highest BCUT2D eigenvalue weighted by molar-refractivity contribution is 4.80. The van der Waals surface area contributed by atoms with Gasteiger partial charge in [-0.25, -0.2) is 0 Å². The highest BCUT2D eigenvalue weighted by atomic mass is 15.2. The molecule has 0 amide bonds. The second-order valence-corrected chi connectivity index (χ2v) is 7.38. The summed E-state index contributed by atoms with van der Waals surface area (Å²) in [6.07, 6.45) is 7.05. The van der Waals surface area contributed by atoms with Crippen LogP contribution in [-0.4, -0.2) is 49.1 Å². The molecule has 2 rings (SSSR count). The first-order valence-electron chi connectivity index (χ1n) is 8.00. The van der Waals surface area contributed by atoms with Crippen LogP contribution in [0.25, 0.3) is 0 Å². The zero-order chi connectivity index (χ0) is 13.0. The maximum Gasteiger partial charge on any atom is -0.000654 e. The minimum absolute atomic E-state index is 0.516. The number of piperidine rings is 1. The molecule has 0 aliphatic carbocycles. The molecule has 2 aliphatic rings. The van der Waals surface area contributed by atoms with Gasteiger partial charge in [-0.3, -0.25) is 0 Å². The molecule has 0 saturated carbocycles. The van der Waals surface area contributed by atoms with Gasteiger partial charge in [0.2, 0.25) is 0 Å². The molecule has 2 heteroatoms. The zero-order valence-corrected chi connectivity index (χ0v) is 12.7. The van der Waals surface area contributed by atoms with Gasteiger partial charge in [0.1, 0.15) is 0 Å². The first kappa shape index (κ1) is 14.3. The maximum absolute atomic E-state index is 2.69. The summed E-state index contributed by atoms with van der Waals surface area (Å²) < 4.78 is 0. The fraction of sp³-hybridized carbons (Fsp3) is 1.00. The Labute approximate surface area is 114 Å². The summed E-state index contributed by atoms with van der Waals surface area (Å²) >= 11 is 0. The smallest absolute Gasteiger partial charge is 0.000654 e. The van der Waals surface area contributed by atoms with Crippen molar-refractivity contribution in [3.05, 3.63) is 0 Å². The van der Waals surface area contributed by atoms with Crippen LogP contribution in [0.3, 0.4) is 0 Å². The second-order valence-electron chi connectivity index (χ2n) is 7.38. The molecule has 0 spiro atoms. The van der Waals surface area contributed by atoms with E-state index >= 15 is 0 Å². The van der Waals surface area contributed by atoms with Gasteiger partial charge in [0.05, 0.1) is 0 Å². The largest absolute Gasteiger partial charge is 0.303 e. The fourth-order valence-corrected chi connectivity index (χ4v) is 3.55. The summed E-state index contributed by atoms with van der Waals surface area (Å²) in [5.74, 6) is 0.937. The lowest BCUT2D eigenvalue weighted by atomic mass is 9.75. The molecule has 0 bridgehead atoms.